The van der Waals surface area contributed by atoms with Gasteiger partial charge in [0, 0.05) is 12.2 Å². The van der Waals surface area contributed by atoms with Crippen LogP contribution in [-0.2, 0) is 4.74 Å². The fourth-order valence-corrected chi connectivity index (χ4v) is 4.41. The summed E-state index contributed by atoms with van der Waals surface area (Å²) in [6, 6.07) is -0.734. The summed E-state index contributed by atoms with van der Waals surface area (Å²) in [5, 5.41) is 3.33. The molecule has 3 heterocycles. The van der Waals surface area contributed by atoms with Crippen LogP contribution in [0.3, 0.4) is 0 Å². The highest BCUT2D eigenvalue weighted by Gasteiger charge is 2.33. The molecule has 1 saturated heterocycles. The van der Waals surface area contributed by atoms with Crippen molar-refractivity contribution in [1.82, 2.24) is 15.3 Å². The summed E-state index contributed by atoms with van der Waals surface area (Å²) in [4.78, 5) is 44.4. The van der Waals surface area contributed by atoms with Crippen molar-refractivity contribution in [2.45, 2.75) is 32.5 Å². The molecule has 162 valence electrons. The summed E-state index contributed by atoms with van der Waals surface area (Å²) in [7, 11) is 0. The first-order valence-electron chi connectivity index (χ1n) is 9.13. The number of halogens is 3. The smallest absolute Gasteiger partial charge is 0.358 e. The molecule has 12 heteroatoms. The van der Waals surface area contributed by atoms with E-state index < -0.39 is 24.1 Å². The van der Waals surface area contributed by atoms with E-state index in [4.69, 9.17) is 27.9 Å². The van der Waals surface area contributed by atoms with Crippen LogP contribution in [0.2, 0.25) is 10.0 Å². The fraction of sp³-hybridized carbons (Fsp3) is 0.444. The van der Waals surface area contributed by atoms with Crippen LogP contribution >= 0.6 is 34.5 Å². The van der Waals surface area contributed by atoms with Crippen molar-refractivity contribution in [2.24, 2.45) is 0 Å². The van der Waals surface area contributed by atoms with Crippen molar-refractivity contribution in [1.29, 1.82) is 0 Å². The van der Waals surface area contributed by atoms with Gasteiger partial charge in [-0.2, -0.15) is 0 Å². The molecule has 0 radical (unpaired) electrons. The van der Waals surface area contributed by atoms with E-state index in [9.17, 15) is 18.8 Å². The lowest BCUT2D eigenvalue weighted by Crippen LogP contribution is -2.52. The number of anilines is 1. The molecule has 0 bridgehead atoms. The number of hydrogen-bond acceptors (Lipinski definition) is 7. The van der Waals surface area contributed by atoms with Crippen molar-refractivity contribution in [3.63, 3.8) is 0 Å². The second kappa shape index (κ2) is 9.32. The summed E-state index contributed by atoms with van der Waals surface area (Å²) >= 11 is 13.0. The molecule has 1 fully saturated rings. The molecular weight excluding hydrogens is 458 g/mol. The molecule has 1 amide bonds. The molecule has 0 aromatic carbocycles. The van der Waals surface area contributed by atoms with E-state index in [-0.39, 0.29) is 39.5 Å². The number of rotatable bonds is 6. The molecule has 8 nitrogen and oxygen atoms in total. The van der Waals surface area contributed by atoms with Crippen molar-refractivity contribution in [2.75, 3.05) is 24.6 Å². The van der Waals surface area contributed by atoms with Crippen LogP contribution in [0, 0.1) is 6.92 Å². The Hall–Kier alpha value is -2.17. The lowest BCUT2D eigenvalue weighted by Gasteiger charge is -2.34. The first-order valence-corrected chi connectivity index (χ1v) is 10.7. The molecule has 1 aliphatic heterocycles. The zero-order valence-corrected chi connectivity index (χ0v) is 18.5. The molecule has 0 spiro atoms. The highest BCUT2D eigenvalue weighted by molar-refractivity contribution is 7.17. The third-order valence-corrected chi connectivity index (χ3v) is 6.62. The van der Waals surface area contributed by atoms with Crippen molar-refractivity contribution >= 4 is 57.8 Å². The number of nitrogens with one attached hydrogen (secondary N) is 2. The van der Waals surface area contributed by atoms with Crippen LogP contribution in [0.25, 0.3) is 0 Å². The average Bonchev–Trinajstić information content (AvgIpc) is 3.26. The predicted molar refractivity (Wildman–Crippen MR) is 112 cm³/mol. The third-order valence-electron chi connectivity index (χ3n) is 4.63. The quantitative estimate of drug-likeness (QED) is 0.488. The summed E-state index contributed by atoms with van der Waals surface area (Å²) in [5.41, 5.74) is 0.556. The van der Waals surface area contributed by atoms with E-state index in [1.807, 2.05) is 0 Å². The molecule has 3 rings (SSSR count). The fourth-order valence-electron chi connectivity index (χ4n) is 3.09. The van der Waals surface area contributed by atoms with Crippen LogP contribution in [0.15, 0.2) is 0 Å². The molecule has 2 atom stereocenters. The lowest BCUT2D eigenvalue weighted by molar-refractivity contribution is 0.0518. The minimum atomic E-state index is -1.40. The maximum atomic E-state index is 14.8. The summed E-state index contributed by atoms with van der Waals surface area (Å²) in [6.07, 6.45) is -0.578. The van der Waals surface area contributed by atoms with Gasteiger partial charge < -0.3 is 19.9 Å². The van der Waals surface area contributed by atoms with Gasteiger partial charge in [0.25, 0.3) is 5.91 Å². The number of amides is 1. The molecule has 2 aromatic rings. The summed E-state index contributed by atoms with van der Waals surface area (Å²) < 4.78 is 19.7. The number of piperidine rings is 1. The second-order valence-corrected chi connectivity index (χ2v) is 8.40. The second-order valence-electron chi connectivity index (χ2n) is 6.63. The van der Waals surface area contributed by atoms with E-state index in [1.165, 1.54) is 0 Å². The van der Waals surface area contributed by atoms with E-state index in [0.717, 1.165) is 11.3 Å². The Labute approximate surface area is 185 Å². The van der Waals surface area contributed by atoms with Crippen LogP contribution in [0.1, 0.15) is 49.7 Å². The first kappa shape index (κ1) is 22.5. The molecular formula is C18H19Cl2FN4O4S. The monoisotopic (exact) mass is 476 g/mol. The molecule has 2 aromatic heterocycles. The third kappa shape index (κ3) is 4.45. The van der Waals surface area contributed by atoms with Gasteiger partial charge in [-0.1, -0.05) is 34.5 Å². The highest BCUT2D eigenvalue weighted by atomic mass is 35.5. The number of hydrogen-bond donors (Lipinski definition) is 2. The number of aryl methyl sites for hydroxylation is 1. The van der Waals surface area contributed by atoms with Gasteiger partial charge in [0.15, 0.2) is 17.1 Å². The van der Waals surface area contributed by atoms with Crippen molar-refractivity contribution in [3.05, 3.63) is 32.0 Å². The number of nitrogens with zero attached hydrogens (tertiary/aromatic N) is 2. The Morgan fingerprint density at radius 1 is 1.43 bits per heavy atom. The van der Waals surface area contributed by atoms with Gasteiger partial charge in [0.1, 0.15) is 16.7 Å². The largest absolute Gasteiger partial charge is 0.461 e. The lowest BCUT2D eigenvalue weighted by atomic mass is 10.0. The Kier molecular flexibility index (Phi) is 6.99. The molecule has 0 unspecified atom stereocenters. The van der Waals surface area contributed by atoms with E-state index in [0.29, 0.717) is 30.1 Å². The molecule has 0 aliphatic carbocycles. The van der Waals surface area contributed by atoms with Crippen molar-refractivity contribution in [3.8, 4) is 0 Å². The average molecular weight is 477 g/mol. The number of ether oxygens (including phenoxy) is 1. The first-order chi connectivity index (χ1) is 14.3. The zero-order valence-electron chi connectivity index (χ0n) is 16.1. The minimum Gasteiger partial charge on any atom is -0.461 e. The molecule has 0 saturated carbocycles. The van der Waals surface area contributed by atoms with Gasteiger partial charge in [-0.3, -0.25) is 9.59 Å². The minimum absolute atomic E-state index is 0.0583. The van der Waals surface area contributed by atoms with Crippen LogP contribution in [0.4, 0.5) is 9.52 Å². The van der Waals surface area contributed by atoms with E-state index in [2.05, 4.69) is 15.3 Å². The maximum Gasteiger partial charge on any atom is 0.358 e. The topological polar surface area (TPSA) is 104 Å². The van der Waals surface area contributed by atoms with Crippen LogP contribution in [0.5, 0.6) is 0 Å². The van der Waals surface area contributed by atoms with Gasteiger partial charge in [-0.25, -0.2) is 14.2 Å². The van der Waals surface area contributed by atoms with Gasteiger partial charge in [0.2, 0.25) is 0 Å². The number of H-pyrrole nitrogens is 1. The van der Waals surface area contributed by atoms with Gasteiger partial charge in [0.05, 0.1) is 29.2 Å². The van der Waals surface area contributed by atoms with E-state index in [1.54, 1.807) is 18.7 Å². The number of thiazole rings is 1. The van der Waals surface area contributed by atoms with Crippen molar-refractivity contribution < 1.29 is 23.5 Å². The number of alkyl halides is 1. The number of carbonyl (C=O) groups is 3. The number of esters is 1. The standard InChI is InChI=1S/C18H19Cl2FN4O4S/c1-3-29-17(28)14-11(7-26)30-18(24-14)25-5-4-10(9(21)6-25)23-16(27)15-13(20)12(19)8(2)22-15/h7,9-10,22H,3-6H2,1-2H3,(H,23,27)/t9-,10+/m0/s1. The Morgan fingerprint density at radius 2 is 2.17 bits per heavy atom. The SMILES string of the molecule is CCOC(=O)c1nc(N2CC[C@@H](NC(=O)c3[nH]c(C)c(Cl)c3Cl)[C@@H](F)C2)sc1C=O. The zero-order chi connectivity index (χ0) is 22.0. The highest BCUT2D eigenvalue weighted by Crippen LogP contribution is 2.31. The van der Waals surface area contributed by atoms with Gasteiger partial charge in [-0.15, -0.1) is 0 Å². The Balaban J connectivity index is 1.68. The number of aldehydes is 1. The van der Waals surface area contributed by atoms with E-state index >= 15 is 0 Å². The maximum absolute atomic E-state index is 14.8. The predicted octanol–water partition coefficient (Wildman–Crippen LogP) is 3.42. The summed E-state index contributed by atoms with van der Waals surface area (Å²) in [6.45, 7) is 3.79. The summed E-state index contributed by atoms with van der Waals surface area (Å²) in [5.74, 6) is -1.24. The van der Waals surface area contributed by atoms with Gasteiger partial charge in [-0.05, 0) is 20.3 Å². The molecule has 30 heavy (non-hydrogen) atoms. The Morgan fingerprint density at radius 3 is 2.73 bits per heavy atom. The Bertz CT molecular complexity index is 980. The molecule has 1 aliphatic rings. The number of carbonyl (C=O) groups excluding carboxylic acids is 3. The van der Waals surface area contributed by atoms with Crippen LogP contribution < -0.4 is 10.2 Å². The van der Waals surface area contributed by atoms with Gasteiger partial charge >= 0.3 is 5.97 Å². The normalized spacial score (nSPS) is 18.9. The van der Waals surface area contributed by atoms with Crippen LogP contribution in [-0.4, -0.2) is 60.0 Å². The number of aromatic amines is 1. The molecule has 2 N–H and O–H groups in total. The number of aromatic nitrogens is 2.